The Balaban J connectivity index is 1.86. The van der Waals surface area contributed by atoms with Crippen molar-refractivity contribution in [1.82, 2.24) is 15.5 Å². The van der Waals surface area contributed by atoms with E-state index in [0.717, 1.165) is 31.0 Å². The van der Waals surface area contributed by atoms with E-state index in [2.05, 4.69) is 34.5 Å². The Kier molecular flexibility index (Phi) is 2.65. The summed E-state index contributed by atoms with van der Waals surface area (Å²) >= 11 is 0. The van der Waals surface area contributed by atoms with E-state index in [1.54, 1.807) is 0 Å². The van der Waals surface area contributed by atoms with Gasteiger partial charge in [0.05, 0.1) is 5.92 Å². The summed E-state index contributed by atoms with van der Waals surface area (Å²) in [6.45, 7) is 4.04. The van der Waals surface area contributed by atoms with Crippen molar-refractivity contribution >= 4 is 0 Å². The van der Waals surface area contributed by atoms with Crippen LogP contribution in [0.5, 0.6) is 0 Å². The first-order valence-electron chi connectivity index (χ1n) is 5.94. The number of benzene rings is 1. The van der Waals surface area contributed by atoms with E-state index in [1.165, 1.54) is 5.56 Å². The van der Waals surface area contributed by atoms with Gasteiger partial charge in [-0.3, -0.25) is 0 Å². The summed E-state index contributed by atoms with van der Waals surface area (Å²) in [4.78, 5) is 4.47. The highest BCUT2D eigenvalue weighted by Gasteiger charge is 2.22. The van der Waals surface area contributed by atoms with E-state index >= 15 is 0 Å². The fourth-order valence-electron chi connectivity index (χ4n) is 2.09. The Morgan fingerprint density at radius 2 is 2.12 bits per heavy atom. The fourth-order valence-corrected chi connectivity index (χ4v) is 2.09. The van der Waals surface area contributed by atoms with Gasteiger partial charge >= 0.3 is 0 Å². The van der Waals surface area contributed by atoms with E-state index in [1.807, 2.05) is 12.1 Å². The number of hydrogen-bond acceptors (Lipinski definition) is 4. The molecule has 1 aromatic heterocycles. The Morgan fingerprint density at radius 1 is 1.29 bits per heavy atom. The first-order valence-corrected chi connectivity index (χ1v) is 5.94. The zero-order valence-electron chi connectivity index (χ0n) is 9.81. The van der Waals surface area contributed by atoms with Crippen molar-refractivity contribution in [3.8, 4) is 11.4 Å². The normalized spacial score (nSPS) is 19.7. The summed E-state index contributed by atoms with van der Waals surface area (Å²) in [6, 6.07) is 8.17. The van der Waals surface area contributed by atoms with Crippen molar-refractivity contribution in [2.75, 3.05) is 13.1 Å². The molecule has 1 aromatic carbocycles. The second kappa shape index (κ2) is 4.30. The maximum absolute atomic E-state index is 5.33. The van der Waals surface area contributed by atoms with Crippen molar-refractivity contribution in [3.05, 3.63) is 35.7 Å². The van der Waals surface area contributed by atoms with Crippen LogP contribution in [0.25, 0.3) is 11.4 Å². The third kappa shape index (κ3) is 2.08. The van der Waals surface area contributed by atoms with Gasteiger partial charge in [-0.15, -0.1) is 0 Å². The standard InChI is InChI=1S/C13H15N3O/c1-9-2-4-10(5-3-9)12-15-13(17-16-12)11-6-7-14-8-11/h2-5,11,14H,6-8H2,1H3/t11-/m0/s1. The van der Waals surface area contributed by atoms with E-state index in [4.69, 9.17) is 4.52 Å². The average molecular weight is 229 g/mol. The van der Waals surface area contributed by atoms with Crippen LogP contribution in [-0.2, 0) is 0 Å². The van der Waals surface area contributed by atoms with Gasteiger partial charge in [0.15, 0.2) is 0 Å². The van der Waals surface area contributed by atoms with Crippen molar-refractivity contribution in [2.45, 2.75) is 19.3 Å². The molecule has 1 fully saturated rings. The summed E-state index contributed by atoms with van der Waals surface area (Å²) in [6.07, 6.45) is 1.08. The van der Waals surface area contributed by atoms with Crippen LogP contribution in [0, 0.1) is 6.92 Å². The van der Waals surface area contributed by atoms with E-state index in [-0.39, 0.29) is 0 Å². The minimum Gasteiger partial charge on any atom is -0.339 e. The van der Waals surface area contributed by atoms with Crippen LogP contribution >= 0.6 is 0 Å². The topological polar surface area (TPSA) is 51.0 Å². The zero-order chi connectivity index (χ0) is 11.7. The molecule has 17 heavy (non-hydrogen) atoms. The predicted molar refractivity (Wildman–Crippen MR) is 64.7 cm³/mol. The Labute approximate surface area is 100 Å². The lowest BCUT2D eigenvalue weighted by Crippen LogP contribution is -2.08. The number of aryl methyl sites for hydroxylation is 1. The molecule has 1 aliphatic rings. The predicted octanol–water partition coefficient (Wildman–Crippen LogP) is 2.12. The molecular formula is C13H15N3O. The molecule has 0 unspecified atom stereocenters. The highest BCUT2D eigenvalue weighted by Crippen LogP contribution is 2.23. The minimum absolute atomic E-state index is 0.377. The van der Waals surface area contributed by atoms with Crippen molar-refractivity contribution in [3.63, 3.8) is 0 Å². The van der Waals surface area contributed by atoms with Crippen LogP contribution in [0.1, 0.15) is 23.8 Å². The lowest BCUT2D eigenvalue weighted by Gasteiger charge is -1.98. The molecule has 0 saturated carbocycles. The van der Waals surface area contributed by atoms with E-state index in [9.17, 15) is 0 Å². The van der Waals surface area contributed by atoms with Gasteiger partial charge in [0.25, 0.3) is 0 Å². The Bertz CT molecular complexity index is 498. The number of hydrogen-bond donors (Lipinski definition) is 1. The van der Waals surface area contributed by atoms with Gasteiger partial charge in [0, 0.05) is 12.1 Å². The van der Waals surface area contributed by atoms with Gasteiger partial charge in [0.1, 0.15) is 0 Å². The third-order valence-electron chi connectivity index (χ3n) is 3.16. The van der Waals surface area contributed by atoms with Crippen molar-refractivity contribution in [1.29, 1.82) is 0 Å². The first kappa shape index (κ1) is 10.5. The van der Waals surface area contributed by atoms with Gasteiger partial charge in [-0.1, -0.05) is 35.0 Å². The number of rotatable bonds is 2. The van der Waals surface area contributed by atoms with Crippen LogP contribution in [0.15, 0.2) is 28.8 Å². The summed E-state index contributed by atoms with van der Waals surface area (Å²) < 4.78 is 5.33. The van der Waals surface area contributed by atoms with Gasteiger partial charge in [-0.05, 0) is 19.9 Å². The highest BCUT2D eigenvalue weighted by atomic mass is 16.5. The van der Waals surface area contributed by atoms with Crippen LogP contribution < -0.4 is 5.32 Å². The summed E-state index contributed by atoms with van der Waals surface area (Å²) in [5.41, 5.74) is 2.24. The van der Waals surface area contributed by atoms with Crippen molar-refractivity contribution < 1.29 is 4.52 Å². The number of nitrogens with zero attached hydrogens (tertiary/aromatic N) is 2. The molecule has 1 saturated heterocycles. The Hall–Kier alpha value is -1.68. The molecule has 88 valence electrons. The molecule has 0 radical (unpaired) electrons. The second-order valence-corrected chi connectivity index (χ2v) is 4.51. The van der Waals surface area contributed by atoms with Crippen LogP contribution in [-0.4, -0.2) is 23.2 Å². The second-order valence-electron chi connectivity index (χ2n) is 4.51. The molecule has 3 rings (SSSR count). The molecule has 2 aromatic rings. The molecular weight excluding hydrogens is 214 g/mol. The summed E-state index contributed by atoms with van der Waals surface area (Å²) in [5.74, 6) is 1.82. The SMILES string of the molecule is Cc1ccc(-c2noc([C@H]3CCNC3)n2)cc1. The number of aromatic nitrogens is 2. The lowest BCUT2D eigenvalue weighted by molar-refractivity contribution is 0.359. The fraction of sp³-hybridized carbons (Fsp3) is 0.385. The average Bonchev–Trinajstić information content (AvgIpc) is 3.00. The van der Waals surface area contributed by atoms with Crippen LogP contribution in [0.2, 0.25) is 0 Å². The van der Waals surface area contributed by atoms with Gasteiger partial charge in [0.2, 0.25) is 11.7 Å². The summed E-state index contributed by atoms with van der Waals surface area (Å²) in [7, 11) is 0. The van der Waals surface area contributed by atoms with Crippen molar-refractivity contribution in [2.24, 2.45) is 0 Å². The van der Waals surface area contributed by atoms with E-state index in [0.29, 0.717) is 11.7 Å². The van der Waals surface area contributed by atoms with Gasteiger partial charge in [-0.2, -0.15) is 4.98 Å². The molecule has 0 spiro atoms. The molecule has 2 heterocycles. The molecule has 0 bridgehead atoms. The summed E-state index contributed by atoms with van der Waals surface area (Å²) in [5, 5.41) is 7.35. The van der Waals surface area contributed by atoms with E-state index < -0.39 is 0 Å². The molecule has 4 heteroatoms. The molecule has 4 nitrogen and oxygen atoms in total. The quantitative estimate of drug-likeness (QED) is 0.857. The molecule has 0 aliphatic carbocycles. The maximum atomic E-state index is 5.33. The monoisotopic (exact) mass is 229 g/mol. The lowest BCUT2D eigenvalue weighted by atomic mass is 10.1. The van der Waals surface area contributed by atoms with Crippen LogP contribution in [0.4, 0.5) is 0 Å². The molecule has 1 N–H and O–H groups in total. The highest BCUT2D eigenvalue weighted by molar-refractivity contribution is 5.54. The van der Waals surface area contributed by atoms with Crippen LogP contribution in [0.3, 0.4) is 0 Å². The minimum atomic E-state index is 0.377. The zero-order valence-corrected chi connectivity index (χ0v) is 9.81. The molecule has 1 aliphatic heterocycles. The smallest absolute Gasteiger partial charge is 0.231 e. The van der Waals surface area contributed by atoms with Gasteiger partial charge in [-0.25, -0.2) is 0 Å². The third-order valence-corrected chi connectivity index (χ3v) is 3.16. The first-order chi connectivity index (χ1) is 8.33. The molecule has 0 amide bonds. The molecule has 1 atom stereocenters. The largest absolute Gasteiger partial charge is 0.339 e. The maximum Gasteiger partial charge on any atom is 0.231 e. The number of nitrogens with one attached hydrogen (secondary N) is 1. The van der Waals surface area contributed by atoms with Gasteiger partial charge < -0.3 is 9.84 Å². The Morgan fingerprint density at radius 3 is 2.82 bits per heavy atom.